The van der Waals surface area contributed by atoms with E-state index in [-0.39, 0.29) is 17.5 Å². The molecule has 1 aromatic heterocycles. The first-order valence-electron chi connectivity index (χ1n) is 23.1. The van der Waals surface area contributed by atoms with E-state index in [0.717, 1.165) is 73.1 Å². The van der Waals surface area contributed by atoms with Crippen molar-refractivity contribution in [3.8, 4) is 34.1 Å². The summed E-state index contributed by atoms with van der Waals surface area (Å²) in [5.41, 5.74) is 17.3. The van der Waals surface area contributed by atoms with Crippen LogP contribution in [-0.4, -0.2) is 6.71 Å². The Bertz CT molecular complexity index is 3370. The first-order valence-corrected chi connectivity index (χ1v) is 23.9. The van der Waals surface area contributed by atoms with Crippen LogP contribution in [0.1, 0.15) is 63.8 Å². The van der Waals surface area contributed by atoms with Crippen LogP contribution in [0.15, 0.2) is 178 Å². The lowest BCUT2D eigenvalue weighted by molar-refractivity contribution is 0.483. The van der Waals surface area contributed by atoms with Crippen LogP contribution >= 0.6 is 11.8 Å². The highest BCUT2D eigenvalue weighted by molar-refractivity contribution is 7.99. The molecule has 3 aliphatic rings. The highest BCUT2D eigenvalue weighted by atomic mass is 32.2. The Morgan fingerprint density at radius 3 is 1.61 bits per heavy atom. The maximum atomic E-state index is 7.33. The molecule has 0 bridgehead atoms. The number of furan rings is 1. The van der Waals surface area contributed by atoms with Crippen molar-refractivity contribution < 1.29 is 9.15 Å². The fraction of sp³-hybridized carbons (Fsp3) is 0.167. The van der Waals surface area contributed by atoms with Crippen LogP contribution in [0, 0.1) is 13.8 Å². The third kappa shape index (κ3) is 6.52. The standard InChI is InChI=1S/C60H51BN2O2S/c1-36-19-27-48-54(29-36)66-55-30-37(2)20-28-49(55)63(48)43-25-26-46-52(33-43)64-53-32-41(60(6,7)8)31-51-56(53)61(46)47-34-44-45(35-50(47)62(51)42-23-21-40(22-24-42)59(3,4)5)58(39-17-13-10-14-18-39)65-57(44)38-15-11-9-12-16-38/h9-35H,1-8H3. The fourth-order valence-electron chi connectivity index (χ4n) is 10.2. The summed E-state index contributed by atoms with van der Waals surface area (Å²) in [5, 5.41) is 2.17. The normalized spacial score (nSPS) is 13.7. The largest absolute Gasteiger partial charge is 0.458 e. The average Bonchev–Trinajstić information content (AvgIpc) is 3.68. The van der Waals surface area contributed by atoms with Crippen molar-refractivity contribution in [3.63, 3.8) is 0 Å². The first-order chi connectivity index (χ1) is 31.8. The topological polar surface area (TPSA) is 28.9 Å². The van der Waals surface area contributed by atoms with Gasteiger partial charge in [0.05, 0.1) is 11.4 Å². The smallest absolute Gasteiger partial charge is 0.256 e. The van der Waals surface area contributed by atoms with Crippen LogP contribution in [0.3, 0.4) is 0 Å². The van der Waals surface area contributed by atoms with Crippen LogP contribution in [0.4, 0.5) is 34.1 Å². The molecule has 0 unspecified atom stereocenters. The van der Waals surface area contributed by atoms with Gasteiger partial charge in [-0.05, 0) is 124 Å². The van der Waals surface area contributed by atoms with Crippen LogP contribution in [-0.2, 0) is 10.8 Å². The van der Waals surface area contributed by atoms with Gasteiger partial charge in [-0.25, -0.2) is 0 Å². The molecule has 12 rings (SSSR count). The van der Waals surface area contributed by atoms with Gasteiger partial charge in [-0.1, -0.05) is 150 Å². The SMILES string of the molecule is Cc1ccc2c(c1)Sc1cc(C)ccc1N2c1ccc2c(c1)Oc1cc(C(C)(C)C)cc3c1B2c1cc2c(-c4ccccc4)oc(-c4ccccc4)c2cc1N3c1ccc(C(C)(C)C)cc1. The van der Waals surface area contributed by atoms with Gasteiger partial charge in [0, 0.05) is 60.5 Å². The molecule has 3 aliphatic heterocycles. The van der Waals surface area contributed by atoms with E-state index in [1.807, 2.05) is 11.8 Å². The number of hydrogen-bond acceptors (Lipinski definition) is 5. The van der Waals surface area contributed by atoms with E-state index in [1.54, 1.807) is 0 Å². The number of ether oxygens (including phenoxy) is 1. The number of rotatable bonds is 4. The Labute approximate surface area is 393 Å². The van der Waals surface area contributed by atoms with Gasteiger partial charge < -0.3 is 19.0 Å². The second kappa shape index (κ2) is 14.8. The summed E-state index contributed by atoms with van der Waals surface area (Å²) >= 11 is 1.85. The number of anilines is 6. The van der Waals surface area contributed by atoms with E-state index >= 15 is 0 Å². The molecular formula is C60H51BN2O2S. The molecule has 0 saturated heterocycles. The summed E-state index contributed by atoms with van der Waals surface area (Å²) in [4.78, 5) is 7.41. The van der Waals surface area contributed by atoms with E-state index in [9.17, 15) is 0 Å². The number of fused-ring (bicyclic) bond motifs is 7. The zero-order chi connectivity index (χ0) is 45.2. The van der Waals surface area contributed by atoms with Gasteiger partial charge in [-0.2, -0.15) is 0 Å². The molecule has 0 aliphatic carbocycles. The fourth-order valence-corrected chi connectivity index (χ4v) is 11.5. The summed E-state index contributed by atoms with van der Waals surface area (Å²) in [6.45, 7) is 18.0. The maximum Gasteiger partial charge on any atom is 0.256 e. The first kappa shape index (κ1) is 40.6. The summed E-state index contributed by atoms with van der Waals surface area (Å²) < 4.78 is 14.4. The minimum atomic E-state index is -0.150. The molecule has 0 N–H and O–H groups in total. The summed E-state index contributed by atoms with van der Waals surface area (Å²) in [7, 11) is 0. The second-order valence-corrected chi connectivity index (χ2v) is 21.5. The Morgan fingerprint density at radius 1 is 0.455 bits per heavy atom. The predicted molar refractivity (Wildman–Crippen MR) is 279 cm³/mol. The molecule has 322 valence electrons. The van der Waals surface area contributed by atoms with E-state index < -0.39 is 0 Å². The van der Waals surface area contributed by atoms with Crippen molar-refractivity contribution in [3.05, 3.63) is 186 Å². The zero-order valence-corrected chi connectivity index (χ0v) is 39.6. The molecule has 0 saturated carbocycles. The molecule has 6 heteroatoms. The van der Waals surface area contributed by atoms with Gasteiger partial charge in [0.15, 0.2) is 0 Å². The van der Waals surface area contributed by atoms with Crippen molar-refractivity contribution in [1.29, 1.82) is 0 Å². The van der Waals surface area contributed by atoms with Crippen LogP contribution < -0.4 is 30.9 Å². The lowest BCUT2D eigenvalue weighted by Crippen LogP contribution is -2.59. The third-order valence-corrected chi connectivity index (χ3v) is 14.8. The monoisotopic (exact) mass is 874 g/mol. The van der Waals surface area contributed by atoms with E-state index in [0.29, 0.717) is 0 Å². The predicted octanol–water partition coefficient (Wildman–Crippen LogP) is 15.3. The van der Waals surface area contributed by atoms with Crippen LogP contribution in [0.2, 0.25) is 0 Å². The molecular weight excluding hydrogens is 824 g/mol. The highest BCUT2D eigenvalue weighted by Crippen LogP contribution is 2.53. The third-order valence-electron chi connectivity index (χ3n) is 13.7. The van der Waals surface area contributed by atoms with Crippen LogP contribution in [0.5, 0.6) is 11.5 Å². The van der Waals surface area contributed by atoms with Gasteiger partial charge in [0.2, 0.25) is 0 Å². The number of hydrogen-bond donors (Lipinski definition) is 0. The molecule has 8 aromatic carbocycles. The molecule has 0 atom stereocenters. The lowest BCUT2D eigenvalue weighted by atomic mass is 9.34. The minimum Gasteiger partial charge on any atom is -0.458 e. The molecule has 66 heavy (non-hydrogen) atoms. The molecule has 0 fully saturated rings. The Balaban J connectivity index is 1.14. The van der Waals surface area contributed by atoms with Crippen molar-refractivity contribution in [2.24, 2.45) is 0 Å². The van der Waals surface area contributed by atoms with Crippen molar-refractivity contribution >= 4 is 79.8 Å². The molecule has 4 nitrogen and oxygen atoms in total. The number of nitrogens with zero attached hydrogens (tertiary/aromatic N) is 2. The quantitative estimate of drug-likeness (QED) is 0.164. The summed E-state index contributed by atoms with van der Waals surface area (Å²) in [6, 6.07) is 60.4. The Morgan fingerprint density at radius 2 is 1.02 bits per heavy atom. The average molecular weight is 875 g/mol. The molecule has 9 aromatic rings. The van der Waals surface area contributed by atoms with E-state index in [1.165, 1.54) is 54.3 Å². The second-order valence-electron chi connectivity index (χ2n) is 20.4. The zero-order valence-electron chi connectivity index (χ0n) is 38.8. The van der Waals surface area contributed by atoms with Crippen molar-refractivity contribution in [2.75, 3.05) is 9.80 Å². The van der Waals surface area contributed by atoms with Crippen LogP contribution in [0.25, 0.3) is 33.4 Å². The molecule has 0 amide bonds. The van der Waals surface area contributed by atoms with Gasteiger partial charge >= 0.3 is 0 Å². The van der Waals surface area contributed by atoms with Gasteiger partial charge in [0.1, 0.15) is 23.0 Å². The van der Waals surface area contributed by atoms with Crippen molar-refractivity contribution in [1.82, 2.24) is 0 Å². The Kier molecular flexibility index (Phi) is 9.12. The number of benzene rings is 8. The molecule has 0 radical (unpaired) electrons. The molecule has 4 heterocycles. The van der Waals surface area contributed by atoms with Gasteiger partial charge in [0.25, 0.3) is 6.71 Å². The number of aryl methyl sites for hydroxylation is 2. The lowest BCUT2D eigenvalue weighted by Gasteiger charge is -2.41. The van der Waals surface area contributed by atoms with Crippen molar-refractivity contribution in [2.45, 2.75) is 76.0 Å². The maximum absolute atomic E-state index is 7.33. The summed E-state index contributed by atoms with van der Waals surface area (Å²) in [6.07, 6.45) is 0. The molecule has 0 spiro atoms. The van der Waals surface area contributed by atoms with Gasteiger partial charge in [-0.15, -0.1) is 0 Å². The van der Waals surface area contributed by atoms with Gasteiger partial charge in [-0.3, -0.25) is 0 Å². The van der Waals surface area contributed by atoms with E-state index in [2.05, 4.69) is 229 Å². The summed E-state index contributed by atoms with van der Waals surface area (Å²) in [5.74, 6) is 3.51. The Hall–Kier alpha value is -6.89. The minimum absolute atomic E-state index is 0.0155. The highest BCUT2D eigenvalue weighted by Gasteiger charge is 2.44. The van der Waals surface area contributed by atoms with E-state index in [4.69, 9.17) is 9.15 Å².